The fourth-order valence-corrected chi connectivity index (χ4v) is 4.32. The number of carbonyl (C=O) groups excluding carboxylic acids is 1. The second-order valence-electron chi connectivity index (χ2n) is 8.01. The van der Waals surface area contributed by atoms with Gasteiger partial charge in [0.2, 0.25) is 5.91 Å². The van der Waals surface area contributed by atoms with Gasteiger partial charge in [-0.3, -0.25) is 4.79 Å². The van der Waals surface area contributed by atoms with Crippen LogP contribution in [0.25, 0.3) is 0 Å². The summed E-state index contributed by atoms with van der Waals surface area (Å²) in [6.45, 7) is 3.08. The molecule has 25 heavy (non-hydrogen) atoms. The lowest BCUT2D eigenvalue weighted by atomic mass is 9.86. The van der Waals surface area contributed by atoms with E-state index >= 15 is 0 Å². The first-order valence-electron chi connectivity index (χ1n) is 10.3. The summed E-state index contributed by atoms with van der Waals surface area (Å²) in [6.07, 6.45) is 12.5. The van der Waals surface area contributed by atoms with E-state index in [0.29, 0.717) is 12.3 Å². The molecule has 2 aliphatic rings. The molecule has 1 amide bonds. The van der Waals surface area contributed by atoms with Gasteiger partial charge in [0.1, 0.15) is 0 Å². The van der Waals surface area contributed by atoms with Gasteiger partial charge in [0.05, 0.1) is 0 Å². The monoisotopic (exact) mass is 342 g/mol. The van der Waals surface area contributed by atoms with Crippen LogP contribution in [-0.2, 0) is 11.3 Å². The Morgan fingerprint density at radius 1 is 1.00 bits per heavy atom. The molecule has 0 aromatic heterocycles. The van der Waals surface area contributed by atoms with Gasteiger partial charge in [0, 0.05) is 38.8 Å². The van der Waals surface area contributed by atoms with Gasteiger partial charge in [0.25, 0.3) is 0 Å². The van der Waals surface area contributed by atoms with Crippen LogP contribution in [0, 0.1) is 5.92 Å². The number of anilines is 1. The van der Waals surface area contributed by atoms with E-state index in [-0.39, 0.29) is 0 Å². The molecular weight excluding hydrogens is 308 g/mol. The molecular formula is C22H34N2O. The summed E-state index contributed by atoms with van der Waals surface area (Å²) in [7, 11) is 1.95. The molecule has 1 aliphatic carbocycles. The maximum atomic E-state index is 12.4. The maximum absolute atomic E-state index is 12.4. The minimum absolute atomic E-state index is 0.297. The first-order chi connectivity index (χ1) is 12.2. The Kier molecular flexibility index (Phi) is 6.77. The lowest BCUT2D eigenvalue weighted by molar-refractivity contribution is -0.130. The third-order valence-electron chi connectivity index (χ3n) is 5.99. The summed E-state index contributed by atoms with van der Waals surface area (Å²) >= 11 is 0. The summed E-state index contributed by atoms with van der Waals surface area (Å²) in [5, 5.41) is 0. The largest absolute Gasteiger partial charge is 0.372 e. The van der Waals surface area contributed by atoms with E-state index in [4.69, 9.17) is 0 Å². The van der Waals surface area contributed by atoms with E-state index in [9.17, 15) is 4.79 Å². The van der Waals surface area contributed by atoms with Gasteiger partial charge in [-0.15, -0.1) is 0 Å². The first kappa shape index (κ1) is 18.3. The fourth-order valence-electron chi connectivity index (χ4n) is 4.32. The Bertz CT molecular complexity index is 527. The quantitative estimate of drug-likeness (QED) is 0.726. The van der Waals surface area contributed by atoms with Gasteiger partial charge in [-0.05, 0) is 49.3 Å². The van der Waals surface area contributed by atoms with Crippen molar-refractivity contribution in [3.63, 3.8) is 0 Å². The number of benzene rings is 1. The maximum Gasteiger partial charge on any atom is 0.222 e. The van der Waals surface area contributed by atoms with Crippen molar-refractivity contribution in [2.75, 3.05) is 25.0 Å². The van der Waals surface area contributed by atoms with Gasteiger partial charge in [-0.25, -0.2) is 0 Å². The summed E-state index contributed by atoms with van der Waals surface area (Å²) in [4.78, 5) is 16.8. The number of nitrogens with zero attached hydrogens (tertiary/aromatic N) is 2. The summed E-state index contributed by atoms with van der Waals surface area (Å²) < 4.78 is 0. The van der Waals surface area contributed by atoms with Crippen molar-refractivity contribution in [3.8, 4) is 0 Å². The standard InChI is InChI=1S/C22H34N2O/c1-23(22(25)15-12-19-8-4-2-5-9-19)18-20-10-13-21(14-11-20)24-16-6-3-7-17-24/h10-11,13-14,19H,2-9,12,15-18H2,1H3. The molecule has 0 unspecified atom stereocenters. The molecule has 1 aromatic rings. The highest BCUT2D eigenvalue weighted by molar-refractivity contribution is 5.75. The van der Waals surface area contributed by atoms with Crippen LogP contribution in [0.1, 0.15) is 69.8 Å². The van der Waals surface area contributed by atoms with Crippen molar-refractivity contribution >= 4 is 11.6 Å². The molecule has 3 nitrogen and oxygen atoms in total. The number of rotatable bonds is 6. The molecule has 3 rings (SSSR count). The third-order valence-corrected chi connectivity index (χ3v) is 5.99. The Hall–Kier alpha value is -1.51. The lowest BCUT2D eigenvalue weighted by Crippen LogP contribution is -2.29. The Morgan fingerprint density at radius 2 is 1.64 bits per heavy atom. The highest BCUT2D eigenvalue weighted by Gasteiger charge is 2.17. The zero-order valence-electron chi connectivity index (χ0n) is 15.9. The van der Waals surface area contributed by atoms with Crippen LogP contribution in [0.15, 0.2) is 24.3 Å². The molecule has 1 saturated carbocycles. The zero-order valence-corrected chi connectivity index (χ0v) is 15.9. The van der Waals surface area contributed by atoms with Crippen LogP contribution in [0.5, 0.6) is 0 Å². The van der Waals surface area contributed by atoms with Gasteiger partial charge >= 0.3 is 0 Å². The molecule has 1 aromatic carbocycles. The van der Waals surface area contributed by atoms with Crippen molar-refractivity contribution in [2.45, 2.75) is 70.8 Å². The molecule has 1 saturated heterocycles. The Morgan fingerprint density at radius 3 is 2.32 bits per heavy atom. The first-order valence-corrected chi connectivity index (χ1v) is 10.3. The molecule has 2 fully saturated rings. The van der Waals surface area contributed by atoms with Crippen molar-refractivity contribution in [1.29, 1.82) is 0 Å². The molecule has 0 spiro atoms. The average molecular weight is 343 g/mol. The fraction of sp³-hybridized carbons (Fsp3) is 0.682. The SMILES string of the molecule is CN(Cc1ccc(N2CCCCC2)cc1)C(=O)CCC1CCCCC1. The second kappa shape index (κ2) is 9.26. The second-order valence-corrected chi connectivity index (χ2v) is 8.01. The highest BCUT2D eigenvalue weighted by Crippen LogP contribution is 2.27. The van der Waals surface area contributed by atoms with Crippen LogP contribution in [-0.4, -0.2) is 30.9 Å². The van der Waals surface area contributed by atoms with E-state index in [0.717, 1.165) is 18.9 Å². The number of amides is 1. The van der Waals surface area contributed by atoms with E-state index in [1.165, 1.54) is 75.7 Å². The normalized spacial score (nSPS) is 19.0. The third kappa shape index (κ3) is 5.49. The molecule has 1 heterocycles. The van der Waals surface area contributed by atoms with Crippen molar-refractivity contribution in [3.05, 3.63) is 29.8 Å². The van der Waals surface area contributed by atoms with Crippen LogP contribution < -0.4 is 4.90 Å². The minimum Gasteiger partial charge on any atom is -0.372 e. The molecule has 0 atom stereocenters. The highest BCUT2D eigenvalue weighted by atomic mass is 16.2. The van der Waals surface area contributed by atoms with E-state index in [1.807, 2.05) is 11.9 Å². The molecule has 0 radical (unpaired) electrons. The molecule has 3 heteroatoms. The minimum atomic E-state index is 0.297. The predicted octanol–water partition coefficient (Wildman–Crippen LogP) is 5.00. The van der Waals surface area contributed by atoms with E-state index < -0.39 is 0 Å². The van der Waals surface area contributed by atoms with Crippen LogP contribution in [0.4, 0.5) is 5.69 Å². The number of carbonyl (C=O) groups is 1. The van der Waals surface area contributed by atoms with Crippen molar-refractivity contribution < 1.29 is 4.79 Å². The predicted molar refractivity (Wildman–Crippen MR) is 105 cm³/mol. The summed E-state index contributed by atoms with van der Waals surface area (Å²) in [6, 6.07) is 8.83. The summed E-state index contributed by atoms with van der Waals surface area (Å²) in [5.74, 6) is 1.08. The molecule has 0 bridgehead atoms. The van der Waals surface area contributed by atoms with Gasteiger partial charge in [-0.2, -0.15) is 0 Å². The molecule has 138 valence electrons. The lowest BCUT2D eigenvalue weighted by Gasteiger charge is -2.29. The Balaban J connectivity index is 1.44. The number of hydrogen-bond acceptors (Lipinski definition) is 2. The van der Waals surface area contributed by atoms with Crippen LogP contribution in [0.2, 0.25) is 0 Å². The molecule has 1 aliphatic heterocycles. The van der Waals surface area contributed by atoms with Gasteiger partial charge in [0.15, 0.2) is 0 Å². The van der Waals surface area contributed by atoms with Crippen molar-refractivity contribution in [1.82, 2.24) is 4.90 Å². The van der Waals surface area contributed by atoms with Crippen LogP contribution in [0.3, 0.4) is 0 Å². The summed E-state index contributed by atoms with van der Waals surface area (Å²) in [5.41, 5.74) is 2.56. The average Bonchev–Trinajstić information content (AvgIpc) is 2.68. The zero-order chi connectivity index (χ0) is 17.5. The van der Waals surface area contributed by atoms with Crippen molar-refractivity contribution in [2.24, 2.45) is 5.92 Å². The smallest absolute Gasteiger partial charge is 0.222 e. The number of hydrogen-bond donors (Lipinski definition) is 0. The van der Waals surface area contributed by atoms with Gasteiger partial charge < -0.3 is 9.80 Å². The Labute approximate surface area is 153 Å². The van der Waals surface area contributed by atoms with Gasteiger partial charge in [-0.1, -0.05) is 44.2 Å². The van der Waals surface area contributed by atoms with Crippen LogP contribution >= 0.6 is 0 Å². The van der Waals surface area contributed by atoms with E-state index in [2.05, 4.69) is 29.2 Å². The number of piperidine rings is 1. The van der Waals surface area contributed by atoms with E-state index in [1.54, 1.807) is 0 Å². The topological polar surface area (TPSA) is 23.6 Å². The molecule has 0 N–H and O–H groups in total.